The first-order chi connectivity index (χ1) is 11.6. The number of esters is 1. The number of rotatable bonds is 5. The predicted octanol–water partition coefficient (Wildman–Crippen LogP) is 4.46. The summed E-state index contributed by atoms with van der Waals surface area (Å²) in [5.41, 5.74) is 1.24. The number of benzene rings is 3. The van der Waals surface area contributed by atoms with Crippen LogP contribution in [0, 0.1) is 0 Å². The van der Waals surface area contributed by atoms with Gasteiger partial charge in [0.25, 0.3) is 0 Å². The highest BCUT2D eigenvalue weighted by Crippen LogP contribution is 2.19. The number of carbonyl (C=O) groups is 2. The van der Waals surface area contributed by atoms with Gasteiger partial charge in [0.05, 0.1) is 11.4 Å². The Balaban J connectivity index is 1.66. The van der Waals surface area contributed by atoms with E-state index < -0.39 is 5.97 Å². The molecule has 3 rings (SSSR count). The average molecular weight is 339 g/mol. The molecule has 0 spiro atoms. The molecule has 0 bridgehead atoms. The van der Waals surface area contributed by atoms with Gasteiger partial charge < -0.3 is 4.74 Å². The van der Waals surface area contributed by atoms with Crippen LogP contribution in [0.25, 0.3) is 10.8 Å². The fraction of sp³-hybridized carbons (Fsp3) is 0.100. The summed E-state index contributed by atoms with van der Waals surface area (Å²) < 4.78 is 5.12. The Morgan fingerprint density at radius 1 is 0.875 bits per heavy atom. The Labute approximate surface area is 144 Å². The number of hydrogen-bond donors (Lipinski definition) is 0. The van der Waals surface area contributed by atoms with Gasteiger partial charge in [-0.15, -0.1) is 0 Å². The molecule has 0 saturated heterocycles. The van der Waals surface area contributed by atoms with E-state index in [1.165, 1.54) is 0 Å². The van der Waals surface area contributed by atoms with Crippen molar-refractivity contribution in [3.05, 3.63) is 82.9 Å². The van der Waals surface area contributed by atoms with Crippen LogP contribution in [0.2, 0.25) is 5.02 Å². The van der Waals surface area contributed by atoms with Crippen molar-refractivity contribution in [2.75, 3.05) is 6.61 Å². The van der Waals surface area contributed by atoms with Gasteiger partial charge in [-0.3, -0.25) is 9.59 Å². The molecular weight excluding hydrogens is 324 g/mol. The minimum atomic E-state index is -0.438. The number of carbonyl (C=O) groups excluding carboxylic acids is 2. The van der Waals surface area contributed by atoms with Gasteiger partial charge in [-0.1, -0.05) is 66.2 Å². The second-order valence-electron chi connectivity index (χ2n) is 5.38. The van der Waals surface area contributed by atoms with Gasteiger partial charge in [0.15, 0.2) is 6.61 Å². The maximum atomic E-state index is 12.1. The number of fused-ring (bicyclic) bond motifs is 1. The van der Waals surface area contributed by atoms with Crippen LogP contribution in [0.5, 0.6) is 0 Å². The lowest BCUT2D eigenvalue weighted by molar-refractivity contribution is -0.141. The molecule has 4 heteroatoms. The molecule has 0 unspecified atom stereocenters. The van der Waals surface area contributed by atoms with Crippen molar-refractivity contribution >= 4 is 34.1 Å². The molecule has 0 radical (unpaired) electrons. The van der Waals surface area contributed by atoms with Crippen LogP contribution >= 0.6 is 11.6 Å². The lowest BCUT2D eigenvalue weighted by Gasteiger charge is -2.08. The summed E-state index contributed by atoms with van der Waals surface area (Å²) in [5, 5.41) is 2.43. The fourth-order valence-electron chi connectivity index (χ4n) is 2.56. The summed E-state index contributed by atoms with van der Waals surface area (Å²) in [5.74, 6) is -0.751. The molecule has 0 amide bonds. The van der Waals surface area contributed by atoms with E-state index in [-0.39, 0.29) is 18.8 Å². The van der Waals surface area contributed by atoms with Crippen molar-refractivity contribution < 1.29 is 14.3 Å². The number of hydrogen-bond acceptors (Lipinski definition) is 3. The van der Waals surface area contributed by atoms with Gasteiger partial charge >= 0.3 is 5.97 Å². The fourth-order valence-corrected chi connectivity index (χ4v) is 2.81. The zero-order valence-electron chi connectivity index (χ0n) is 12.9. The largest absolute Gasteiger partial charge is 0.457 e. The summed E-state index contributed by atoms with van der Waals surface area (Å²) in [6.07, 6.45) is 0.122. The zero-order chi connectivity index (χ0) is 16.9. The van der Waals surface area contributed by atoms with E-state index in [0.29, 0.717) is 10.6 Å². The predicted molar refractivity (Wildman–Crippen MR) is 94.4 cm³/mol. The minimum absolute atomic E-state index is 0.122. The third kappa shape index (κ3) is 3.63. The summed E-state index contributed by atoms with van der Waals surface area (Å²) in [4.78, 5) is 24.1. The molecule has 120 valence electrons. The van der Waals surface area contributed by atoms with Crippen molar-refractivity contribution in [1.29, 1.82) is 0 Å². The topological polar surface area (TPSA) is 43.4 Å². The first-order valence-corrected chi connectivity index (χ1v) is 7.93. The van der Waals surface area contributed by atoms with Crippen LogP contribution in [0.4, 0.5) is 0 Å². The molecule has 0 aromatic heterocycles. The quantitative estimate of drug-likeness (QED) is 0.509. The van der Waals surface area contributed by atoms with Crippen LogP contribution in [-0.2, 0) is 16.0 Å². The van der Waals surface area contributed by atoms with Crippen molar-refractivity contribution in [3.63, 3.8) is 0 Å². The van der Waals surface area contributed by atoms with E-state index in [1.54, 1.807) is 24.3 Å². The van der Waals surface area contributed by atoms with Gasteiger partial charge in [0, 0.05) is 5.56 Å². The maximum absolute atomic E-state index is 12.1. The monoisotopic (exact) mass is 338 g/mol. The van der Waals surface area contributed by atoms with Crippen molar-refractivity contribution in [3.8, 4) is 0 Å². The molecule has 0 heterocycles. The standard InChI is InChI=1S/C20H15ClO3/c21-18-11-4-3-10-17(18)19(22)13-24-20(23)12-15-8-5-7-14-6-1-2-9-16(14)15/h1-11H,12-13H2. The first kappa shape index (κ1) is 16.2. The Morgan fingerprint density at radius 2 is 1.58 bits per heavy atom. The van der Waals surface area contributed by atoms with Crippen LogP contribution < -0.4 is 0 Å². The van der Waals surface area contributed by atoms with E-state index in [2.05, 4.69) is 0 Å². The molecule has 0 atom stereocenters. The molecule has 0 fully saturated rings. The molecule has 0 N–H and O–H groups in total. The molecule has 0 aliphatic carbocycles. The van der Waals surface area contributed by atoms with Crippen molar-refractivity contribution in [2.24, 2.45) is 0 Å². The van der Waals surface area contributed by atoms with Crippen LogP contribution in [0.3, 0.4) is 0 Å². The molecular formula is C20H15ClO3. The Hall–Kier alpha value is -2.65. The lowest BCUT2D eigenvalue weighted by atomic mass is 10.0. The summed E-state index contributed by atoms with van der Waals surface area (Å²) in [7, 11) is 0. The SMILES string of the molecule is O=C(Cc1cccc2ccccc12)OCC(=O)c1ccccc1Cl. The smallest absolute Gasteiger partial charge is 0.310 e. The van der Waals surface area contributed by atoms with E-state index >= 15 is 0 Å². The summed E-state index contributed by atoms with van der Waals surface area (Å²) >= 11 is 5.97. The second-order valence-corrected chi connectivity index (χ2v) is 5.79. The van der Waals surface area contributed by atoms with Crippen molar-refractivity contribution in [1.82, 2.24) is 0 Å². The van der Waals surface area contributed by atoms with Crippen LogP contribution in [0.1, 0.15) is 15.9 Å². The third-order valence-electron chi connectivity index (χ3n) is 3.75. The van der Waals surface area contributed by atoms with E-state index in [1.807, 2.05) is 42.5 Å². The first-order valence-electron chi connectivity index (χ1n) is 7.55. The Morgan fingerprint density at radius 3 is 2.42 bits per heavy atom. The van der Waals surface area contributed by atoms with Crippen LogP contribution in [0.15, 0.2) is 66.7 Å². The number of Topliss-reactive ketones (excluding diaryl/α,β-unsaturated/α-hetero) is 1. The highest BCUT2D eigenvalue weighted by atomic mass is 35.5. The molecule has 24 heavy (non-hydrogen) atoms. The molecule has 3 nitrogen and oxygen atoms in total. The second kappa shape index (κ2) is 7.28. The van der Waals surface area contributed by atoms with Gasteiger partial charge in [-0.25, -0.2) is 0 Å². The number of halogens is 1. The highest BCUT2D eigenvalue weighted by molar-refractivity contribution is 6.34. The lowest BCUT2D eigenvalue weighted by Crippen LogP contribution is -2.16. The maximum Gasteiger partial charge on any atom is 0.310 e. The molecule has 3 aromatic rings. The van der Waals surface area contributed by atoms with Gasteiger partial charge in [-0.05, 0) is 28.5 Å². The molecule has 0 aliphatic heterocycles. The normalized spacial score (nSPS) is 10.5. The van der Waals surface area contributed by atoms with Gasteiger partial charge in [0.2, 0.25) is 5.78 Å². The number of ether oxygens (including phenoxy) is 1. The molecule has 0 aliphatic rings. The Bertz CT molecular complexity index is 897. The molecule has 3 aromatic carbocycles. The average Bonchev–Trinajstić information content (AvgIpc) is 2.60. The highest BCUT2D eigenvalue weighted by Gasteiger charge is 2.13. The third-order valence-corrected chi connectivity index (χ3v) is 4.08. The van der Waals surface area contributed by atoms with Crippen molar-refractivity contribution in [2.45, 2.75) is 6.42 Å². The van der Waals surface area contributed by atoms with E-state index in [9.17, 15) is 9.59 Å². The molecule has 0 saturated carbocycles. The summed E-state index contributed by atoms with van der Waals surface area (Å²) in [6, 6.07) is 20.3. The minimum Gasteiger partial charge on any atom is -0.457 e. The Kier molecular flexibility index (Phi) is 4.92. The van der Waals surface area contributed by atoms with Crippen LogP contribution in [-0.4, -0.2) is 18.4 Å². The van der Waals surface area contributed by atoms with Gasteiger partial charge in [0.1, 0.15) is 0 Å². The zero-order valence-corrected chi connectivity index (χ0v) is 13.6. The van der Waals surface area contributed by atoms with E-state index in [0.717, 1.165) is 16.3 Å². The number of ketones is 1. The van der Waals surface area contributed by atoms with Gasteiger partial charge in [-0.2, -0.15) is 0 Å². The van der Waals surface area contributed by atoms with E-state index in [4.69, 9.17) is 16.3 Å². The summed E-state index contributed by atoms with van der Waals surface area (Å²) in [6.45, 7) is -0.312.